The Labute approximate surface area is 56.6 Å². The van der Waals surface area contributed by atoms with Crippen molar-refractivity contribution in [2.75, 3.05) is 0 Å². The molecule has 0 bridgehead atoms. The highest BCUT2D eigenvalue weighted by molar-refractivity contribution is 5.74. The molecule has 2 aliphatic rings. The third kappa shape index (κ3) is 0.488. The molecule has 52 valence electrons. The third-order valence-corrected chi connectivity index (χ3v) is 1.25. The molecule has 0 saturated carbocycles. The number of hydrogen-bond acceptors (Lipinski definition) is 5. The van der Waals surface area contributed by atoms with Crippen LogP contribution < -0.4 is 11.6 Å². The maximum atomic E-state index is 5.58. The summed E-state index contributed by atoms with van der Waals surface area (Å²) in [7, 11) is 0. The maximum absolute atomic E-state index is 5.58. The fourth-order valence-corrected chi connectivity index (χ4v) is 0.813. The molecular weight excluding hydrogens is 134 g/mol. The van der Waals surface area contributed by atoms with E-state index in [9.17, 15) is 0 Å². The molecule has 1 atom stereocenters. The molecule has 0 fully saturated rings. The summed E-state index contributed by atoms with van der Waals surface area (Å²) in [6.45, 7) is 0. The van der Waals surface area contributed by atoms with E-state index in [1.54, 1.807) is 0 Å². The average molecular weight is 140 g/mol. The second-order valence-corrected chi connectivity index (χ2v) is 2.01. The molecule has 0 aromatic heterocycles. The Morgan fingerprint density at radius 2 is 2.40 bits per heavy atom. The number of nitrogens with two attached hydrogens (primary N) is 2. The molecule has 0 aromatic rings. The van der Waals surface area contributed by atoms with Crippen molar-refractivity contribution in [3.8, 4) is 0 Å². The van der Waals surface area contributed by atoms with Gasteiger partial charge in [-0.15, -0.1) is 5.84 Å². The lowest BCUT2D eigenvalue weighted by Crippen LogP contribution is -2.43. The smallest absolute Gasteiger partial charge is 0.370 e. The van der Waals surface area contributed by atoms with Crippen LogP contribution in [0, 0.1) is 0 Å². The van der Waals surface area contributed by atoms with Crippen LogP contribution in [0.15, 0.2) is 22.2 Å². The summed E-state index contributed by atoms with van der Waals surface area (Å²) in [5.74, 6) is 6.01. The minimum atomic E-state index is -0.286. The number of nitrogens with zero attached hydrogens (tertiary/aromatic N) is 3. The normalized spacial score (nSPS) is 34.9. The van der Waals surface area contributed by atoms with Crippen LogP contribution in [0.1, 0.15) is 0 Å². The Bertz CT molecular complexity index is 267. The molecule has 2 aliphatic heterocycles. The van der Waals surface area contributed by atoms with Gasteiger partial charge in [0, 0.05) is 5.10 Å². The van der Waals surface area contributed by atoms with Gasteiger partial charge in [0.05, 0.1) is 0 Å². The van der Waals surface area contributed by atoms with Crippen molar-refractivity contribution in [1.29, 1.82) is 0 Å². The molecule has 1 unspecified atom stereocenters. The summed E-state index contributed by atoms with van der Waals surface area (Å²) in [4.78, 5) is 3.75. The number of fused-ring (bicyclic) bond motifs is 1. The van der Waals surface area contributed by atoms with E-state index >= 15 is 0 Å². The van der Waals surface area contributed by atoms with Crippen molar-refractivity contribution in [2.24, 2.45) is 21.7 Å². The van der Waals surface area contributed by atoms with Crippen molar-refractivity contribution >= 4 is 12.4 Å². The van der Waals surface area contributed by atoms with E-state index in [0.717, 1.165) is 0 Å². The van der Waals surface area contributed by atoms with E-state index in [1.165, 1.54) is 12.5 Å². The van der Waals surface area contributed by atoms with Gasteiger partial charge in [-0.2, -0.15) is 4.99 Å². The predicted octanol–water partition coefficient (Wildman–Crippen LogP) is -1.22. The monoisotopic (exact) mass is 140 g/mol. The second-order valence-electron chi connectivity index (χ2n) is 2.01. The van der Waals surface area contributed by atoms with Gasteiger partial charge in [0.2, 0.25) is 6.34 Å². The molecule has 6 nitrogen and oxygen atoms in total. The van der Waals surface area contributed by atoms with Gasteiger partial charge in [0.25, 0.3) is 0 Å². The van der Waals surface area contributed by atoms with Crippen LogP contribution >= 0.6 is 0 Å². The summed E-state index contributed by atoms with van der Waals surface area (Å²) >= 11 is 0. The molecule has 10 heavy (non-hydrogen) atoms. The zero-order valence-electron chi connectivity index (χ0n) is 5.06. The number of quaternary nitrogens is 1. The Morgan fingerprint density at radius 1 is 1.60 bits per heavy atom. The second kappa shape index (κ2) is 1.36. The minimum Gasteiger partial charge on any atom is -0.370 e. The van der Waals surface area contributed by atoms with Crippen molar-refractivity contribution in [3.05, 3.63) is 12.1 Å². The number of hydrogen-bond donors (Lipinski definition) is 2. The number of rotatable bonds is 0. The van der Waals surface area contributed by atoms with Gasteiger partial charge in [-0.3, -0.25) is 0 Å². The minimum absolute atomic E-state index is 0.0694. The fourth-order valence-electron chi connectivity index (χ4n) is 0.813. The van der Waals surface area contributed by atoms with Gasteiger partial charge >= 0.3 is 11.9 Å². The number of aliphatic imine (C=N–C) groups is 1. The average Bonchev–Trinajstić information content (AvgIpc) is 2.20. The van der Waals surface area contributed by atoms with Gasteiger partial charge < -0.3 is 10.5 Å². The lowest BCUT2D eigenvalue weighted by molar-refractivity contribution is -0.817. The standard InChI is InChI=1S/C4H6N5O/c5-4-8-9(6)2-7-1-3(9)10-4/h1-2H,6H2,(H2,5,8)/q+1. The molecule has 2 heterocycles. The molecule has 0 amide bonds. The van der Waals surface area contributed by atoms with E-state index in [2.05, 4.69) is 10.1 Å². The van der Waals surface area contributed by atoms with Crippen LogP contribution in [0.2, 0.25) is 0 Å². The molecule has 6 heteroatoms. The van der Waals surface area contributed by atoms with Crippen molar-refractivity contribution < 1.29 is 9.44 Å². The first kappa shape index (κ1) is 5.39. The van der Waals surface area contributed by atoms with E-state index < -0.39 is 0 Å². The first-order valence-corrected chi connectivity index (χ1v) is 2.67. The topological polar surface area (TPSA) is 86.0 Å². The Balaban J connectivity index is 2.47. The molecule has 2 rings (SSSR count). The Hall–Kier alpha value is -1.40. The molecule has 0 radical (unpaired) electrons. The van der Waals surface area contributed by atoms with Crippen molar-refractivity contribution in [1.82, 2.24) is 0 Å². The molecule has 0 spiro atoms. The van der Waals surface area contributed by atoms with E-state index in [4.69, 9.17) is 16.3 Å². The highest BCUT2D eigenvalue weighted by Crippen LogP contribution is 2.21. The van der Waals surface area contributed by atoms with Gasteiger partial charge in [0.15, 0.2) is 0 Å². The summed E-state index contributed by atoms with van der Waals surface area (Å²) in [5.41, 5.74) is 5.24. The van der Waals surface area contributed by atoms with Gasteiger partial charge in [-0.1, -0.05) is 0 Å². The quantitative estimate of drug-likeness (QED) is 0.326. The first-order valence-electron chi connectivity index (χ1n) is 2.67. The highest BCUT2D eigenvalue weighted by Gasteiger charge is 2.41. The maximum Gasteiger partial charge on any atom is 0.372 e. The van der Waals surface area contributed by atoms with Crippen molar-refractivity contribution in [2.45, 2.75) is 0 Å². The van der Waals surface area contributed by atoms with Crippen LogP contribution in [0.3, 0.4) is 0 Å². The van der Waals surface area contributed by atoms with E-state index in [-0.39, 0.29) is 10.7 Å². The van der Waals surface area contributed by atoms with Gasteiger partial charge in [-0.25, -0.2) is 0 Å². The summed E-state index contributed by atoms with van der Waals surface area (Å²) < 4.78 is 4.61. The lowest BCUT2D eigenvalue weighted by Gasteiger charge is -2.07. The first-order chi connectivity index (χ1) is 4.71. The summed E-state index contributed by atoms with van der Waals surface area (Å²) in [5, 5.41) is 3.75. The third-order valence-electron chi connectivity index (χ3n) is 1.25. The van der Waals surface area contributed by atoms with Gasteiger partial charge in [-0.05, 0) is 4.70 Å². The SMILES string of the molecule is NC1=N[N+]2(N)C=NC=C2O1. The fraction of sp³-hybridized carbons (Fsp3) is 0. The lowest BCUT2D eigenvalue weighted by atomic mass is 10.8. The van der Waals surface area contributed by atoms with Crippen LogP contribution in [0.4, 0.5) is 0 Å². The van der Waals surface area contributed by atoms with E-state index in [0.29, 0.717) is 5.88 Å². The highest BCUT2D eigenvalue weighted by atomic mass is 16.6. The zero-order chi connectivity index (χ0) is 7.19. The van der Waals surface area contributed by atoms with Crippen LogP contribution in [-0.2, 0) is 4.74 Å². The van der Waals surface area contributed by atoms with E-state index in [1.807, 2.05) is 0 Å². The van der Waals surface area contributed by atoms with Crippen LogP contribution in [-0.4, -0.2) is 17.1 Å². The molecular formula is C4H6N5O+. The molecule has 0 saturated heterocycles. The van der Waals surface area contributed by atoms with Gasteiger partial charge in [0.1, 0.15) is 6.20 Å². The largest absolute Gasteiger partial charge is 0.372 e. The predicted molar refractivity (Wildman–Crippen MR) is 33.7 cm³/mol. The molecule has 0 aromatic carbocycles. The van der Waals surface area contributed by atoms with Crippen molar-refractivity contribution in [3.63, 3.8) is 0 Å². The summed E-state index contributed by atoms with van der Waals surface area (Å²) in [6.07, 6.45) is 2.90. The molecule has 0 aliphatic carbocycles. The van der Waals surface area contributed by atoms with Crippen LogP contribution in [0.5, 0.6) is 0 Å². The number of ether oxygens (including phenoxy) is 1. The molecule has 4 N–H and O–H groups in total. The number of amidine groups is 1. The summed E-state index contributed by atoms with van der Waals surface area (Å²) in [6, 6.07) is 0.0694. The van der Waals surface area contributed by atoms with Crippen LogP contribution in [0.25, 0.3) is 0 Å². The zero-order valence-corrected chi connectivity index (χ0v) is 5.06. The Kier molecular flexibility index (Phi) is 0.733. The Morgan fingerprint density at radius 3 is 3.10 bits per heavy atom.